The van der Waals surface area contributed by atoms with E-state index >= 15 is 0 Å². The fourth-order valence-corrected chi connectivity index (χ4v) is 4.03. The SMILES string of the molecule is Cc1nnc2c(NCCCCNC(=O)CC(C)C)nc3cc(N4CCOCC4)ccc3n12. The van der Waals surface area contributed by atoms with E-state index in [0.717, 1.165) is 79.7 Å². The standard InChI is InChI=1S/C23H33N7O2/c1-16(2)14-21(31)24-8-4-5-9-25-22-23-28-27-17(3)30(23)20-7-6-18(15-19(20)26-22)29-10-12-32-13-11-29/h6-7,15-16H,4-5,8-14H2,1-3H3,(H,24,31)(H,25,26). The molecule has 1 aliphatic rings. The van der Waals surface area contributed by atoms with Gasteiger partial charge in [-0.05, 0) is 43.9 Å². The summed E-state index contributed by atoms with van der Waals surface area (Å²) in [6.07, 6.45) is 2.41. The zero-order valence-electron chi connectivity index (χ0n) is 19.2. The van der Waals surface area contributed by atoms with Gasteiger partial charge in [-0.25, -0.2) is 4.98 Å². The number of nitrogens with zero attached hydrogens (tertiary/aromatic N) is 5. The van der Waals surface area contributed by atoms with Gasteiger partial charge >= 0.3 is 0 Å². The summed E-state index contributed by atoms with van der Waals surface area (Å²) in [6.45, 7) is 10.8. The van der Waals surface area contributed by atoms with Crippen LogP contribution < -0.4 is 15.5 Å². The topological polar surface area (TPSA) is 96.7 Å². The number of aromatic nitrogens is 4. The predicted octanol–water partition coefficient (Wildman–Crippen LogP) is 2.78. The number of rotatable bonds is 9. The van der Waals surface area contributed by atoms with Crippen molar-refractivity contribution >= 4 is 34.1 Å². The Morgan fingerprint density at radius 3 is 2.72 bits per heavy atom. The number of carbonyl (C=O) groups excluding carboxylic acids is 1. The van der Waals surface area contributed by atoms with Crippen molar-refractivity contribution in [2.24, 2.45) is 5.92 Å². The average molecular weight is 440 g/mol. The number of benzene rings is 1. The summed E-state index contributed by atoms with van der Waals surface area (Å²) in [5.74, 6) is 2.08. The van der Waals surface area contributed by atoms with Crippen LogP contribution in [0.25, 0.3) is 16.7 Å². The minimum absolute atomic E-state index is 0.126. The van der Waals surface area contributed by atoms with Crippen molar-refractivity contribution in [2.75, 3.05) is 49.6 Å². The number of hydrogen-bond acceptors (Lipinski definition) is 7. The number of hydrogen-bond donors (Lipinski definition) is 2. The van der Waals surface area contributed by atoms with E-state index < -0.39 is 0 Å². The number of morpholine rings is 1. The molecule has 0 radical (unpaired) electrons. The third-order valence-corrected chi connectivity index (χ3v) is 5.66. The maximum Gasteiger partial charge on any atom is 0.220 e. The summed E-state index contributed by atoms with van der Waals surface area (Å²) in [5, 5.41) is 15.0. The van der Waals surface area contributed by atoms with Gasteiger partial charge < -0.3 is 20.3 Å². The number of ether oxygens (including phenoxy) is 1. The van der Waals surface area contributed by atoms with Crippen LogP contribution in [0.1, 0.15) is 38.9 Å². The molecule has 2 N–H and O–H groups in total. The summed E-state index contributed by atoms with van der Waals surface area (Å²) in [4.78, 5) is 19.0. The van der Waals surface area contributed by atoms with Crippen molar-refractivity contribution in [1.29, 1.82) is 0 Å². The quantitative estimate of drug-likeness (QED) is 0.495. The Labute approximate surface area is 188 Å². The van der Waals surface area contributed by atoms with Crippen molar-refractivity contribution in [2.45, 2.75) is 40.0 Å². The van der Waals surface area contributed by atoms with Crippen molar-refractivity contribution in [3.05, 3.63) is 24.0 Å². The Bertz CT molecular complexity index is 1070. The molecule has 0 saturated carbocycles. The van der Waals surface area contributed by atoms with Crippen LogP contribution in [0.2, 0.25) is 0 Å². The lowest BCUT2D eigenvalue weighted by Crippen LogP contribution is -2.36. The van der Waals surface area contributed by atoms with Crippen LogP contribution in [-0.4, -0.2) is 64.9 Å². The van der Waals surface area contributed by atoms with E-state index in [9.17, 15) is 4.79 Å². The Balaban J connectivity index is 1.45. The molecule has 9 nitrogen and oxygen atoms in total. The molecule has 0 bridgehead atoms. The summed E-state index contributed by atoms with van der Waals surface area (Å²) >= 11 is 0. The van der Waals surface area contributed by atoms with Gasteiger partial charge in [0.15, 0.2) is 5.82 Å². The fourth-order valence-electron chi connectivity index (χ4n) is 4.03. The van der Waals surface area contributed by atoms with Gasteiger partial charge in [0.1, 0.15) is 5.82 Å². The van der Waals surface area contributed by atoms with Gasteiger partial charge in [0.2, 0.25) is 11.6 Å². The number of carbonyl (C=O) groups is 1. The van der Waals surface area contributed by atoms with E-state index in [4.69, 9.17) is 9.72 Å². The van der Waals surface area contributed by atoms with E-state index in [0.29, 0.717) is 18.9 Å². The molecular formula is C23H33N7O2. The minimum Gasteiger partial charge on any atom is -0.378 e. The monoisotopic (exact) mass is 439 g/mol. The first-order chi connectivity index (χ1) is 15.5. The average Bonchev–Trinajstić information content (AvgIpc) is 3.18. The molecule has 3 aromatic rings. The maximum atomic E-state index is 11.8. The molecule has 1 aliphatic heterocycles. The lowest BCUT2D eigenvalue weighted by atomic mass is 10.1. The molecule has 3 heterocycles. The van der Waals surface area contributed by atoms with Crippen LogP contribution in [-0.2, 0) is 9.53 Å². The second-order valence-electron chi connectivity index (χ2n) is 8.72. The van der Waals surface area contributed by atoms with Gasteiger partial charge in [0.05, 0.1) is 24.2 Å². The highest BCUT2D eigenvalue weighted by Gasteiger charge is 2.16. The number of amides is 1. The summed E-state index contributed by atoms with van der Waals surface area (Å²) < 4.78 is 7.54. The molecule has 4 rings (SSSR count). The highest BCUT2D eigenvalue weighted by Crippen LogP contribution is 2.26. The molecule has 1 fully saturated rings. The van der Waals surface area contributed by atoms with Gasteiger partial charge in [-0.15, -0.1) is 10.2 Å². The van der Waals surface area contributed by atoms with Crippen molar-refractivity contribution in [1.82, 2.24) is 24.9 Å². The molecule has 1 aromatic carbocycles. The molecule has 32 heavy (non-hydrogen) atoms. The summed E-state index contributed by atoms with van der Waals surface area (Å²) in [5.41, 5.74) is 3.80. The third-order valence-electron chi connectivity index (χ3n) is 5.66. The number of aryl methyl sites for hydroxylation is 1. The molecule has 0 aliphatic carbocycles. The Kier molecular flexibility index (Phi) is 7.04. The van der Waals surface area contributed by atoms with Crippen LogP contribution in [0, 0.1) is 12.8 Å². The van der Waals surface area contributed by atoms with Crippen LogP contribution in [0.5, 0.6) is 0 Å². The van der Waals surface area contributed by atoms with Gasteiger partial charge in [-0.3, -0.25) is 9.20 Å². The minimum atomic E-state index is 0.126. The zero-order valence-corrected chi connectivity index (χ0v) is 19.2. The molecular weight excluding hydrogens is 406 g/mol. The van der Waals surface area contributed by atoms with Crippen molar-refractivity contribution in [3.8, 4) is 0 Å². The molecule has 2 aromatic heterocycles. The fraction of sp³-hybridized carbons (Fsp3) is 0.565. The van der Waals surface area contributed by atoms with E-state index in [1.165, 1.54) is 0 Å². The molecule has 0 unspecified atom stereocenters. The highest BCUT2D eigenvalue weighted by molar-refractivity contribution is 5.85. The Hall–Kier alpha value is -2.94. The molecule has 1 amide bonds. The number of nitrogens with one attached hydrogen (secondary N) is 2. The maximum absolute atomic E-state index is 11.8. The largest absolute Gasteiger partial charge is 0.378 e. The third kappa shape index (κ3) is 5.09. The van der Waals surface area contributed by atoms with Crippen molar-refractivity contribution < 1.29 is 9.53 Å². The molecule has 0 spiro atoms. The van der Waals surface area contributed by atoms with Crippen molar-refractivity contribution in [3.63, 3.8) is 0 Å². The normalized spacial score (nSPS) is 14.4. The van der Waals surface area contributed by atoms with Crippen LogP contribution in [0.4, 0.5) is 11.5 Å². The van der Waals surface area contributed by atoms with E-state index in [2.05, 4.69) is 62.2 Å². The number of fused-ring (bicyclic) bond motifs is 3. The second kappa shape index (κ2) is 10.1. The number of anilines is 2. The molecule has 172 valence electrons. The van der Waals surface area contributed by atoms with Gasteiger partial charge in [-0.1, -0.05) is 13.8 Å². The van der Waals surface area contributed by atoms with Gasteiger partial charge in [0, 0.05) is 38.3 Å². The summed E-state index contributed by atoms with van der Waals surface area (Å²) in [6, 6.07) is 6.37. The van der Waals surface area contributed by atoms with E-state index in [-0.39, 0.29) is 5.91 Å². The predicted molar refractivity (Wildman–Crippen MR) is 126 cm³/mol. The first-order valence-corrected chi connectivity index (χ1v) is 11.5. The smallest absolute Gasteiger partial charge is 0.220 e. The lowest BCUT2D eigenvalue weighted by molar-refractivity contribution is -0.121. The van der Waals surface area contributed by atoms with E-state index in [1.54, 1.807) is 0 Å². The first kappa shape index (κ1) is 22.3. The molecule has 9 heteroatoms. The molecule has 0 atom stereocenters. The Morgan fingerprint density at radius 1 is 1.16 bits per heavy atom. The molecule has 1 saturated heterocycles. The van der Waals surface area contributed by atoms with Gasteiger partial charge in [-0.2, -0.15) is 0 Å². The first-order valence-electron chi connectivity index (χ1n) is 11.5. The Morgan fingerprint density at radius 2 is 1.94 bits per heavy atom. The van der Waals surface area contributed by atoms with Gasteiger partial charge in [0.25, 0.3) is 0 Å². The lowest BCUT2D eigenvalue weighted by Gasteiger charge is -2.29. The number of unbranched alkanes of at least 4 members (excludes halogenated alkanes) is 1. The van der Waals surface area contributed by atoms with Crippen LogP contribution in [0.15, 0.2) is 18.2 Å². The van der Waals surface area contributed by atoms with Crippen LogP contribution in [0.3, 0.4) is 0 Å². The zero-order chi connectivity index (χ0) is 22.5. The second-order valence-corrected chi connectivity index (χ2v) is 8.72. The summed E-state index contributed by atoms with van der Waals surface area (Å²) in [7, 11) is 0. The van der Waals surface area contributed by atoms with Crippen LogP contribution >= 0.6 is 0 Å². The van der Waals surface area contributed by atoms with E-state index in [1.807, 2.05) is 6.92 Å². The highest BCUT2D eigenvalue weighted by atomic mass is 16.5.